The summed E-state index contributed by atoms with van der Waals surface area (Å²) in [5.74, 6) is 0.830. The van der Waals surface area contributed by atoms with Crippen LogP contribution in [0.5, 0.6) is 0 Å². The van der Waals surface area contributed by atoms with Crippen molar-refractivity contribution in [2.45, 2.75) is 26.3 Å². The molecule has 0 amide bonds. The zero-order valence-corrected chi connectivity index (χ0v) is 10.0. The predicted octanol–water partition coefficient (Wildman–Crippen LogP) is 2.34. The van der Waals surface area contributed by atoms with E-state index in [1.165, 1.54) is 0 Å². The zero-order valence-electron chi connectivity index (χ0n) is 8.42. The Bertz CT molecular complexity index is 304. The Balaban J connectivity index is 2.67. The standard InChI is InChI=1S/C10H15BrN2O/c1-7-5-9(11)10(12-6-7)13-8(2)3-4-14/h5-6,8,14H,3-4H2,1-2H3,(H,12,13)/t8-/m1/s1. The van der Waals surface area contributed by atoms with Crippen LogP contribution in [0.15, 0.2) is 16.7 Å². The third-order valence-electron chi connectivity index (χ3n) is 1.92. The number of aliphatic hydroxyl groups excluding tert-OH is 1. The number of pyridine rings is 1. The van der Waals surface area contributed by atoms with Crippen molar-refractivity contribution in [3.8, 4) is 0 Å². The average Bonchev–Trinajstić information content (AvgIpc) is 2.10. The van der Waals surface area contributed by atoms with Gasteiger partial charge >= 0.3 is 0 Å². The molecule has 4 heteroatoms. The van der Waals surface area contributed by atoms with E-state index in [0.717, 1.165) is 22.3 Å². The molecule has 0 aliphatic heterocycles. The van der Waals surface area contributed by atoms with E-state index in [4.69, 9.17) is 5.11 Å². The van der Waals surface area contributed by atoms with Gasteiger partial charge in [0.05, 0.1) is 4.47 Å². The number of hydrogen-bond donors (Lipinski definition) is 2. The molecule has 0 aliphatic carbocycles. The molecule has 0 radical (unpaired) electrons. The highest BCUT2D eigenvalue weighted by molar-refractivity contribution is 9.10. The summed E-state index contributed by atoms with van der Waals surface area (Å²) in [7, 11) is 0. The van der Waals surface area contributed by atoms with Gasteiger partial charge in [0.15, 0.2) is 0 Å². The Morgan fingerprint density at radius 3 is 2.93 bits per heavy atom. The first-order valence-corrected chi connectivity index (χ1v) is 5.42. The summed E-state index contributed by atoms with van der Waals surface area (Å²) in [4.78, 5) is 4.26. The average molecular weight is 259 g/mol. The summed E-state index contributed by atoms with van der Waals surface area (Å²) in [6.07, 6.45) is 2.54. The highest BCUT2D eigenvalue weighted by atomic mass is 79.9. The van der Waals surface area contributed by atoms with Crippen molar-refractivity contribution in [3.63, 3.8) is 0 Å². The first-order valence-electron chi connectivity index (χ1n) is 4.63. The van der Waals surface area contributed by atoms with Crippen LogP contribution in [-0.2, 0) is 0 Å². The number of aromatic nitrogens is 1. The van der Waals surface area contributed by atoms with E-state index < -0.39 is 0 Å². The topological polar surface area (TPSA) is 45.2 Å². The van der Waals surface area contributed by atoms with Crippen molar-refractivity contribution in [1.29, 1.82) is 0 Å². The SMILES string of the molecule is Cc1cnc(N[C@H](C)CCO)c(Br)c1. The lowest BCUT2D eigenvalue weighted by Gasteiger charge is -2.14. The van der Waals surface area contributed by atoms with Gasteiger partial charge in [0.1, 0.15) is 5.82 Å². The van der Waals surface area contributed by atoms with Crippen LogP contribution in [0.4, 0.5) is 5.82 Å². The molecule has 14 heavy (non-hydrogen) atoms. The number of anilines is 1. The molecule has 2 N–H and O–H groups in total. The summed E-state index contributed by atoms with van der Waals surface area (Å²) >= 11 is 3.44. The maximum absolute atomic E-state index is 8.76. The maximum Gasteiger partial charge on any atom is 0.140 e. The molecule has 1 rings (SSSR count). The van der Waals surface area contributed by atoms with Crippen LogP contribution in [-0.4, -0.2) is 22.7 Å². The minimum absolute atomic E-state index is 0.192. The fraction of sp³-hybridized carbons (Fsp3) is 0.500. The van der Waals surface area contributed by atoms with Crippen molar-refractivity contribution in [2.75, 3.05) is 11.9 Å². The van der Waals surface area contributed by atoms with Crippen LogP contribution in [0.3, 0.4) is 0 Å². The molecule has 0 spiro atoms. The van der Waals surface area contributed by atoms with E-state index in [-0.39, 0.29) is 12.6 Å². The van der Waals surface area contributed by atoms with Gasteiger partial charge in [-0.3, -0.25) is 0 Å². The molecule has 0 saturated carbocycles. The highest BCUT2D eigenvalue weighted by Gasteiger charge is 2.05. The van der Waals surface area contributed by atoms with Crippen molar-refractivity contribution in [1.82, 2.24) is 4.98 Å². The second-order valence-electron chi connectivity index (χ2n) is 3.40. The number of hydrogen-bond acceptors (Lipinski definition) is 3. The van der Waals surface area contributed by atoms with Crippen molar-refractivity contribution in [3.05, 3.63) is 22.3 Å². The van der Waals surface area contributed by atoms with Crippen LogP contribution in [0.25, 0.3) is 0 Å². The van der Waals surface area contributed by atoms with Gasteiger partial charge < -0.3 is 10.4 Å². The normalized spacial score (nSPS) is 12.6. The van der Waals surface area contributed by atoms with Gasteiger partial charge in [-0.1, -0.05) is 0 Å². The summed E-state index contributed by atoms with van der Waals surface area (Å²) in [6.45, 7) is 4.21. The first-order chi connectivity index (χ1) is 6.63. The molecule has 1 atom stereocenters. The lowest BCUT2D eigenvalue weighted by molar-refractivity contribution is 0.282. The quantitative estimate of drug-likeness (QED) is 0.872. The van der Waals surface area contributed by atoms with Crippen LogP contribution < -0.4 is 5.32 Å². The lowest BCUT2D eigenvalue weighted by atomic mass is 10.2. The molecule has 1 aromatic heterocycles. The lowest BCUT2D eigenvalue weighted by Crippen LogP contribution is -2.17. The van der Waals surface area contributed by atoms with Crippen molar-refractivity contribution < 1.29 is 5.11 Å². The smallest absolute Gasteiger partial charge is 0.140 e. The molecule has 0 saturated heterocycles. The highest BCUT2D eigenvalue weighted by Crippen LogP contribution is 2.21. The number of halogens is 1. The molecule has 0 bridgehead atoms. The third kappa shape index (κ3) is 3.27. The molecule has 0 aliphatic rings. The van der Waals surface area contributed by atoms with Gasteiger partial charge in [-0.15, -0.1) is 0 Å². The maximum atomic E-state index is 8.76. The number of rotatable bonds is 4. The van der Waals surface area contributed by atoms with Gasteiger partial charge in [-0.2, -0.15) is 0 Å². The monoisotopic (exact) mass is 258 g/mol. The van der Waals surface area contributed by atoms with Gasteiger partial charge in [0, 0.05) is 18.8 Å². The largest absolute Gasteiger partial charge is 0.396 e. The Kier molecular flexibility index (Phi) is 4.35. The van der Waals surface area contributed by atoms with Gasteiger partial charge in [0.2, 0.25) is 0 Å². The minimum Gasteiger partial charge on any atom is -0.396 e. The molecule has 0 fully saturated rings. The minimum atomic E-state index is 0.192. The predicted molar refractivity (Wildman–Crippen MR) is 61.5 cm³/mol. The van der Waals surface area contributed by atoms with Crippen LogP contribution in [0, 0.1) is 6.92 Å². The fourth-order valence-corrected chi connectivity index (χ4v) is 1.72. The summed E-state index contributed by atoms with van der Waals surface area (Å²) in [6, 6.07) is 2.24. The second-order valence-corrected chi connectivity index (χ2v) is 4.26. The summed E-state index contributed by atoms with van der Waals surface area (Å²) in [5.41, 5.74) is 1.12. The molecular formula is C10H15BrN2O. The number of aryl methyl sites for hydroxylation is 1. The Labute approximate surface area is 92.7 Å². The molecule has 1 aromatic rings. The molecule has 0 unspecified atom stereocenters. The van der Waals surface area contributed by atoms with E-state index >= 15 is 0 Å². The molecular weight excluding hydrogens is 244 g/mol. The van der Waals surface area contributed by atoms with Crippen LogP contribution >= 0.6 is 15.9 Å². The van der Waals surface area contributed by atoms with E-state index in [9.17, 15) is 0 Å². The van der Waals surface area contributed by atoms with E-state index in [2.05, 4.69) is 26.2 Å². The fourth-order valence-electron chi connectivity index (χ4n) is 1.14. The summed E-state index contributed by atoms with van der Waals surface area (Å²) < 4.78 is 0.960. The molecule has 1 heterocycles. The Morgan fingerprint density at radius 1 is 1.64 bits per heavy atom. The van der Waals surface area contributed by atoms with Gasteiger partial charge in [0.25, 0.3) is 0 Å². The second kappa shape index (κ2) is 5.32. The molecule has 0 aromatic carbocycles. The Morgan fingerprint density at radius 2 is 2.36 bits per heavy atom. The van der Waals surface area contributed by atoms with Gasteiger partial charge in [-0.25, -0.2) is 4.98 Å². The molecule has 78 valence electrons. The first kappa shape index (κ1) is 11.5. The molecule has 3 nitrogen and oxygen atoms in total. The number of nitrogens with one attached hydrogen (secondary N) is 1. The van der Waals surface area contributed by atoms with E-state index in [1.54, 1.807) is 0 Å². The van der Waals surface area contributed by atoms with Crippen LogP contribution in [0.1, 0.15) is 18.9 Å². The zero-order chi connectivity index (χ0) is 10.6. The number of nitrogens with zero attached hydrogens (tertiary/aromatic N) is 1. The van der Waals surface area contributed by atoms with E-state index in [0.29, 0.717) is 0 Å². The summed E-state index contributed by atoms with van der Waals surface area (Å²) in [5, 5.41) is 12.0. The van der Waals surface area contributed by atoms with E-state index in [1.807, 2.05) is 26.1 Å². The Hall–Kier alpha value is -0.610. The van der Waals surface area contributed by atoms with Crippen molar-refractivity contribution >= 4 is 21.7 Å². The third-order valence-corrected chi connectivity index (χ3v) is 2.53. The van der Waals surface area contributed by atoms with Crippen LogP contribution in [0.2, 0.25) is 0 Å². The van der Waals surface area contributed by atoms with Crippen molar-refractivity contribution in [2.24, 2.45) is 0 Å². The number of aliphatic hydroxyl groups is 1. The van der Waals surface area contributed by atoms with Gasteiger partial charge in [-0.05, 0) is 47.8 Å².